The van der Waals surface area contributed by atoms with Gasteiger partial charge in [-0.25, -0.2) is 0 Å². The fraction of sp³-hybridized carbons (Fsp3) is 0.364. The SMILES string of the molecule is O=C(N[C@H](CN1CCCC1=O)c1ccccc1)c1ccc2c(c1)OCCCO2. The Morgan fingerprint density at radius 3 is 2.57 bits per heavy atom. The van der Waals surface area contributed by atoms with Crippen molar-refractivity contribution in [2.75, 3.05) is 26.3 Å². The second-order valence-electron chi connectivity index (χ2n) is 7.09. The topological polar surface area (TPSA) is 67.9 Å². The van der Waals surface area contributed by atoms with Crippen molar-refractivity contribution in [3.8, 4) is 11.5 Å². The third-order valence-electron chi connectivity index (χ3n) is 5.09. The lowest BCUT2D eigenvalue weighted by Crippen LogP contribution is -2.38. The van der Waals surface area contributed by atoms with E-state index < -0.39 is 0 Å². The Bertz CT molecular complexity index is 853. The molecule has 146 valence electrons. The molecule has 0 bridgehead atoms. The number of hydrogen-bond acceptors (Lipinski definition) is 4. The van der Waals surface area contributed by atoms with Gasteiger partial charge < -0.3 is 19.7 Å². The van der Waals surface area contributed by atoms with Crippen LogP contribution in [0.5, 0.6) is 11.5 Å². The zero-order valence-corrected chi connectivity index (χ0v) is 15.7. The third-order valence-corrected chi connectivity index (χ3v) is 5.09. The van der Waals surface area contributed by atoms with E-state index in [9.17, 15) is 9.59 Å². The summed E-state index contributed by atoms with van der Waals surface area (Å²) in [5.74, 6) is 1.20. The monoisotopic (exact) mass is 380 g/mol. The van der Waals surface area contributed by atoms with Crippen LogP contribution in [-0.2, 0) is 4.79 Å². The molecule has 2 aromatic carbocycles. The van der Waals surface area contributed by atoms with Crippen LogP contribution in [0.2, 0.25) is 0 Å². The Labute approximate surface area is 164 Å². The van der Waals surface area contributed by atoms with Crippen molar-refractivity contribution < 1.29 is 19.1 Å². The van der Waals surface area contributed by atoms with Crippen LogP contribution in [-0.4, -0.2) is 43.0 Å². The zero-order valence-electron chi connectivity index (χ0n) is 15.7. The fourth-order valence-corrected chi connectivity index (χ4v) is 3.58. The van der Waals surface area contributed by atoms with Crippen molar-refractivity contribution in [3.05, 3.63) is 59.7 Å². The molecule has 2 aromatic rings. The molecule has 1 fully saturated rings. The highest BCUT2D eigenvalue weighted by molar-refractivity contribution is 5.95. The molecular weight excluding hydrogens is 356 g/mol. The van der Waals surface area contributed by atoms with Gasteiger partial charge in [0.05, 0.1) is 19.3 Å². The number of amides is 2. The average molecular weight is 380 g/mol. The Kier molecular flexibility index (Phi) is 5.46. The normalized spacial score (nSPS) is 17.1. The minimum absolute atomic E-state index is 0.144. The Morgan fingerprint density at radius 1 is 1.04 bits per heavy atom. The van der Waals surface area contributed by atoms with E-state index in [0.29, 0.717) is 43.2 Å². The summed E-state index contributed by atoms with van der Waals surface area (Å²) >= 11 is 0. The van der Waals surface area contributed by atoms with Crippen LogP contribution in [0.4, 0.5) is 0 Å². The molecule has 0 unspecified atom stereocenters. The molecule has 1 saturated heterocycles. The molecule has 2 aliphatic heterocycles. The molecule has 1 N–H and O–H groups in total. The van der Waals surface area contributed by atoms with E-state index in [1.165, 1.54) is 0 Å². The van der Waals surface area contributed by atoms with Gasteiger partial charge in [-0.3, -0.25) is 9.59 Å². The quantitative estimate of drug-likeness (QED) is 0.866. The van der Waals surface area contributed by atoms with Crippen LogP contribution in [0.1, 0.15) is 41.2 Å². The van der Waals surface area contributed by atoms with Crippen molar-refractivity contribution in [1.29, 1.82) is 0 Å². The summed E-state index contributed by atoms with van der Waals surface area (Å²) in [4.78, 5) is 26.8. The second kappa shape index (κ2) is 8.33. The molecular formula is C22H24N2O4. The van der Waals surface area contributed by atoms with Crippen molar-refractivity contribution >= 4 is 11.8 Å². The number of hydrogen-bond donors (Lipinski definition) is 1. The van der Waals surface area contributed by atoms with Crippen molar-refractivity contribution in [3.63, 3.8) is 0 Å². The summed E-state index contributed by atoms with van der Waals surface area (Å²) < 4.78 is 11.3. The summed E-state index contributed by atoms with van der Waals surface area (Å²) in [5, 5.41) is 3.09. The van der Waals surface area contributed by atoms with Crippen LogP contribution in [0.3, 0.4) is 0 Å². The molecule has 0 radical (unpaired) electrons. The van der Waals surface area contributed by atoms with Crippen LogP contribution in [0.25, 0.3) is 0 Å². The Balaban J connectivity index is 1.53. The molecule has 1 atom stereocenters. The highest BCUT2D eigenvalue weighted by Crippen LogP contribution is 2.30. The highest BCUT2D eigenvalue weighted by Gasteiger charge is 2.26. The Morgan fingerprint density at radius 2 is 1.82 bits per heavy atom. The summed E-state index contributed by atoms with van der Waals surface area (Å²) in [6, 6.07) is 14.7. The molecule has 6 heteroatoms. The first-order chi connectivity index (χ1) is 13.7. The molecule has 2 aliphatic rings. The molecule has 4 rings (SSSR count). The van der Waals surface area contributed by atoms with Crippen LogP contribution >= 0.6 is 0 Å². The van der Waals surface area contributed by atoms with Gasteiger partial charge in [0.25, 0.3) is 5.91 Å². The number of fused-ring (bicyclic) bond motifs is 1. The van der Waals surface area contributed by atoms with Gasteiger partial charge in [0.15, 0.2) is 11.5 Å². The molecule has 0 saturated carbocycles. The van der Waals surface area contributed by atoms with Gasteiger partial charge in [-0.2, -0.15) is 0 Å². The minimum Gasteiger partial charge on any atom is -0.490 e. The maximum atomic E-state index is 12.9. The van der Waals surface area contributed by atoms with Gasteiger partial charge in [-0.1, -0.05) is 30.3 Å². The molecule has 2 heterocycles. The number of likely N-dealkylation sites (tertiary alicyclic amines) is 1. The third kappa shape index (κ3) is 4.11. The summed E-state index contributed by atoms with van der Waals surface area (Å²) in [7, 11) is 0. The molecule has 0 aromatic heterocycles. The minimum atomic E-state index is -0.272. The van der Waals surface area contributed by atoms with E-state index >= 15 is 0 Å². The molecule has 2 amide bonds. The van der Waals surface area contributed by atoms with E-state index in [-0.39, 0.29) is 17.9 Å². The number of benzene rings is 2. The molecule has 28 heavy (non-hydrogen) atoms. The maximum absolute atomic E-state index is 12.9. The first kappa shape index (κ1) is 18.3. The lowest BCUT2D eigenvalue weighted by Gasteiger charge is -2.25. The van der Waals surface area contributed by atoms with E-state index in [1.807, 2.05) is 35.2 Å². The zero-order chi connectivity index (χ0) is 19.3. The van der Waals surface area contributed by atoms with E-state index in [4.69, 9.17) is 9.47 Å². The van der Waals surface area contributed by atoms with Crippen molar-refractivity contribution in [2.24, 2.45) is 0 Å². The Hall–Kier alpha value is -3.02. The van der Waals surface area contributed by atoms with Gasteiger partial charge in [-0.05, 0) is 30.2 Å². The predicted molar refractivity (Wildman–Crippen MR) is 105 cm³/mol. The number of carbonyl (C=O) groups is 2. The number of nitrogens with one attached hydrogen (secondary N) is 1. The lowest BCUT2D eigenvalue weighted by molar-refractivity contribution is -0.128. The average Bonchev–Trinajstić information content (AvgIpc) is 2.98. The van der Waals surface area contributed by atoms with Gasteiger partial charge in [0.2, 0.25) is 5.91 Å². The van der Waals surface area contributed by atoms with E-state index in [1.54, 1.807) is 18.2 Å². The van der Waals surface area contributed by atoms with E-state index in [2.05, 4.69) is 5.32 Å². The molecule has 0 spiro atoms. The number of carbonyl (C=O) groups excluding carboxylic acids is 2. The fourth-order valence-electron chi connectivity index (χ4n) is 3.58. The smallest absolute Gasteiger partial charge is 0.251 e. The van der Waals surface area contributed by atoms with E-state index in [0.717, 1.165) is 24.9 Å². The standard InChI is InChI=1S/C22H24N2O4/c25-21-8-4-11-24(21)15-18(16-6-2-1-3-7-16)23-22(26)17-9-10-19-20(14-17)28-13-5-12-27-19/h1-3,6-7,9-10,14,18H,4-5,8,11-13,15H2,(H,23,26)/t18-/m1/s1. The van der Waals surface area contributed by atoms with Crippen molar-refractivity contribution in [2.45, 2.75) is 25.3 Å². The largest absolute Gasteiger partial charge is 0.490 e. The predicted octanol–water partition coefficient (Wildman–Crippen LogP) is 2.94. The molecule has 6 nitrogen and oxygen atoms in total. The number of rotatable bonds is 5. The van der Waals surface area contributed by atoms with Gasteiger partial charge in [0.1, 0.15) is 0 Å². The van der Waals surface area contributed by atoms with Gasteiger partial charge in [0, 0.05) is 31.5 Å². The summed E-state index contributed by atoms with van der Waals surface area (Å²) in [6.45, 7) is 2.39. The second-order valence-corrected chi connectivity index (χ2v) is 7.09. The maximum Gasteiger partial charge on any atom is 0.251 e. The highest BCUT2D eigenvalue weighted by atomic mass is 16.5. The first-order valence-corrected chi connectivity index (χ1v) is 9.74. The van der Waals surface area contributed by atoms with Crippen LogP contribution in [0.15, 0.2) is 48.5 Å². The molecule has 0 aliphatic carbocycles. The lowest BCUT2D eigenvalue weighted by atomic mass is 10.1. The van der Waals surface area contributed by atoms with Crippen LogP contribution in [0, 0.1) is 0 Å². The summed E-state index contributed by atoms with van der Waals surface area (Å²) in [6.07, 6.45) is 2.27. The number of nitrogens with zero attached hydrogens (tertiary/aromatic N) is 1. The van der Waals surface area contributed by atoms with Crippen LogP contribution < -0.4 is 14.8 Å². The van der Waals surface area contributed by atoms with Gasteiger partial charge in [-0.15, -0.1) is 0 Å². The summed E-state index contributed by atoms with van der Waals surface area (Å²) in [5.41, 5.74) is 1.49. The number of ether oxygens (including phenoxy) is 2. The first-order valence-electron chi connectivity index (χ1n) is 9.74. The van der Waals surface area contributed by atoms with Gasteiger partial charge >= 0.3 is 0 Å². The van der Waals surface area contributed by atoms with Crippen molar-refractivity contribution in [1.82, 2.24) is 10.2 Å².